The van der Waals surface area contributed by atoms with E-state index in [1.54, 1.807) is 7.11 Å². The third-order valence-electron chi connectivity index (χ3n) is 7.92. The van der Waals surface area contributed by atoms with Gasteiger partial charge in [-0.25, -0.2) is 0 Å². The second-order valence-electron chi connectivity index (χ2n) is 10.1. The zero-order chi connectivity index (χ0) is 22.3. The van der Waals surface area contributed by atoms with Crippen LogP contribution in [0, 0.1) is 5.41 Å². The van der Waals surface area contributed by atoms with Crippen LogP contribution in [0.2, 0.25) is 5.02 Å². The molecule has 2 aromatic rings. The van der Waals surface area contributed by atoms with Crippen LogP contribution in [0.4, 0.5) is 0 Å². The van der Waals surface area contributed by atoms with Gasteiger partial charge in [-0.15, -0.1) is 0 Å². The second kappa shape index (κ2) is 8.73. The van der Waals surface area contributed by atoms with Gasteiger partial charge in [-0.1, -0.05) is 41.9 Å². The Morgan fingerprint density at radius 2 is 1.88 bits per heavy atom. The SMILES string of the molecule is COC1(c2ccc(Cl)c(Cc3ccc(C4CCC5(CC5)C4)cc3)c2)CC(O)CC(CO)O1. The van der Waals surface area contributed by atoms with Crippen molar-refractivity contribution in [1.82, 2.24) is 0 Å². The molecule has 3 aliphatic rings. The number of benzene rings is 2. The lowest BCUT2D eigenvalue weighted by Crippen LogP contribution is -2.46. The normalized spacial score (nSPS) is 31.2. The number of aliphatic hydroxyl groups is 2. The molecule has 0 aromatic heterocycles. The van der Waals surface area contributed by atoms with Crippen LogP contribution < -0.4 is 0 Å². The summed E-state index contributed by atoms with van der Waals surface area (Å²) in [4.78, 5) is 0. The minimum absolute atomic E-state index is 0.156. The highest BCUT2D eigenvalue weighted by Gasteiger charge is 2.48. The fourth-order valence-electron chi connectivity index (χ4n) is 5.81. The van der Waals surface area contributed by atoms with E-state index in [-0.39, 0.29) is 6.61 Å². The number of hydrogen-bond donors (Lipinski definition) is 2. The van der Waals surface area contributed by atoms with Crippen molar-refractivity contribution < 1.29 is 19.7 Å². The van der Waals surface area contributed by atoms with Crippen molar-refractivity contribution in [2.75, 3.05) is 13.7 Å². The van der Waals surface area contributed by atoms with Gasteiger partial charge in [-0.05, 0) is 78.7 Å². The lowest BCUT2D eigenvalue weighted by atomic mass is 9.90. The van der Waals surface area contributed by atoms with Crippen molar-refractivity contribution in [2.45, 2.75) is 75.3 Å². The minimum atomic E-state index is -1.09. The molecule has 5 heteroatoms. The van der Waals surface area contributed by atoms with Crippen LogP contribution in [0.1, 0.15) is 73.1 Å². The summed E-state index contributed by atoms with van der Waals surface area (Å²) in [5, 5.41) is 20.6. The van der Waals surface area contributed by atoms with Crippen LogP contribution in [0.15, 0.2) is 42.5 Å². The molecule has 1 heterocycles. The predicted molar refractivity (Wildman–Crippen MR) is 125 cm³/mol. The lowest BCUT2D eigenvalue weighted by molar-refractivity contribution is -0.298. The first-order valence-corrected chi connectivity index (χ1v) is 12.2. The first kappa shape index (κ1) is 22.4. The molecule has 2 aliphatic carbocycles. The van der Waals surface area contributed by atoms with Crippen LogP contribution >= 0.6 is 11.6 Å². The van der Waals surface area contributed by atoms with Gasteiger partial charge in [0.25, 0.3) is 0 Å². The van der Waals surface area contributed by atoms with E-state index in [2.05, 4.69) is 24.3 Å². The van der Waals surface area contributed by atoms with Crippen LogP contribution in [0.3, 0.4) is 0 Å². The van der Waals surface area contributed by atoms with E-state index in [1.807, 2.05) is 18.2 Å². The Bertz CT molecular complexity index is 955. The highest BCUT2D eigenvalue weighted by atomic mass is 35.5. The van der Waals surface area contributed by atoms with Crippen molar-refractivity contribution >= 4 is 11.6 Å². The summed E-state index contributed by atoms with van der Waals surface area (Å²) >= 11 is 6.56. The number of halogens is 1. The summed E-state index contributed by atoms with van der Waals surface area (Å²) in [7, 11) is 1.58. The highest BCUT2D eigenvalue weighted by Crippen LogP contribution is 2.61. The molecule has 4 unspecified atom stereocenters. The molecule has 5 rings (SSSR count). The molecular weight excluding hydrogens is 424 g/mol. The second-order valence-corrected chi connectivity index (χ2v) is 10.5. The maximum Gasteiger partial charge on any atom is 0.197 e. The molecular formula is C27H33ClO4. The summed E-state index contributed by atoms with van der Waals surface area (Å²) in [6, 6.07) is 14.8. The van der Waals surface area contributed by atoms with E-state index in [9.17, 15) is 10.2 Å². The smallest absolute Gasteiger partial charge is 0.197 e. The Morgan fingerprint density at radius 1 is 1.09 bits per heavy atom. The maximum absolute atomic E-state index is 10.4. The Kier molecular flexibility index (Phi) is 6.10. The highest BCUT2D eigenvalue weighted by molar-refractivity contribution is 6.31. The zero-order valence-electron chi connectivity index (χ0n) is 18.7. The molecule has 172 valence electrons. The predicted octanol–water partition coefficient (Wildman–Crippen LogP) is 5.31. The third-order valence-corrected chi connectivity index (χ3v) is 8.29. The van der Waals surface area contributed by atoms with Crippen LogP contribution in [0.5, 0.6) is 0 Å². The minimum Gasteiger partial charge on any atom is -0.394 e. The van der Waals surface area contributed by atoms with E-state index in [0.29, 0.717) is 29.7 Å². The molecule has 4 nitrogen and oxygen atoms in total. The average Bonchev–Trinajstić information content (AvgIpc) is 3.43. The number of ether oxygens (including phenoxy) is 2. The van der Waals surface area contributed by atoms with E-state index >= 15 is 0 Å². The molecule has 2 N–H and O–H groups in total. The van der Waals surface area contributed by atoms with Gasteiger partial charge in [-0.3, -0.25) is 0 Å². The van der Waals surface area contributed by atoms with Crippen molar-refractivity contribution in [3.8, 4) is 0 Å². The molecule has 2 saturated carbocycles. The van der Waals surface area contributed by atoms with Crippen molar-refractivity contribution in [2.24, 2.45) is 5.41 Å². The van der Waals surface area contributed by atoms with Gasteiger partial charge < -0.3 is 19.7 Å². The van der Waals surface area contributed by atoms with Crippen molar-refractivity contribution in [3.63, 3.8) is 0 Å². The Balaban J connectivity index is 1.35. The summed E-state index contributed by atoms with van der Waals surface area (Å²) in [6.45, 7) is -0.156. The third kappa shape index (κ3) is 4.36. The standard InChI is InChI=1S/C27H33ClO4/c1-31-27(16-23(30)14-24(17-29)32-27)22-6-7-25(28)21(13-22)12-18-2-4-19(5-3-18)20-8-9-26(15-20)10-11-26/h2-7,13,20,23-24,29-30H,8-12,14-17H2,1H3. The summed E-state index contributed by atoms with van der Waals surface area (Å²) < 4.78 is 11.9. The number of aliphatic hydroxyl groups excluding tert-OH is 2. The van der Waals surface area contributed by atoms with Crippen molar-refractivity contribution in [1.29, 1.82) is 0 Å². The Morgan fingerprint density at radius 3 is 2.53 bits per heavy atom. The van der Waals surface area contributed by atoms with Gasteiger partial charge in [0, 0.05) is 30.5 Å². The molecule has 0 radical (unpaired) electrons. The molecule has 1 saturated heterocycles. The number of rotatable bonds is 6. The van der Waals surface area contributed by atoms with Crippen LogP contribution in [-0.4, -0.2) is 36.1 Å². The van der Waals surface area contributed by atoms with E-state index in [0.717, 1.165) is 17.0 Å². The lowest BCUT2D eigenvalue weighted by Gasteiger charge is -2.42. The number of hydrogen-bond acceptors (Lipinski definition) is 4. The monoisotopic (exact) mass is 456 g/mol. The first-order chi connectivity index (χ1) is 15.4. The Hall–Kier alpha value is -1.43. The van der Waals surface area contributed by atoms with E-state index in [4.69, 9.17) is 21.1 Å². The van der Waals surface area contributed by atoms with Gasteiger partial charge in [-0.2, -0.15) is 0 Å². The van der Waals surface area contributed by atoms with Crippen LogP contribution in [0.25, 0.3) is 0 Å². The molecule has 1 spiro atoms. The zero-order valence-corrected chi connectivity index (χ0v) is 19.5. The van der Waals surface area contributed by atoms with Gasteiger partial charge >= 0.3 is 0 Å². The van der Waals surface area contributed by atoms with E-state index < -0.39 is 18.0 Å². The van der Waals surface area contributed by atoms with Gasteiger partial charge in [0.1, 0.15) is 0 Å². The maximum atomic E-state index is 10.4. The topological polar surface area (TPSA) is 58.9 Å². The molecule has 4 atom stereocenters. The Labute approximate surface area is 195 Å². The fourth-order valence-corrected chi connectivity index (χ4v) is 5.99. The van der Waals surface area contributed by atoms with E-state index in [1.165, 1.54) is 43.2 Å². The van der Waals surface area contributed by atoms with Gasteiger partial charge in [0.05, 0.1) is 18.8 Å². The summed E-state index contributed by atoms with van der Waals surface area (Å²) in [6.07, 6.45) is 7.32. The van der Waals surface area contributed by atoms with Crippen molar-refractivity contribution in [3.05, 3.63) is 69.7 Å². The quantitative estimate of drug-likeness (QED) is 0.618. The average molecular weight is 457 g/mol. The van der Waals surface area contributed by atoms with Crippen LogP contribution in [-0.2, 0) is 21.7 Å². The first-order valence-electron chi connectivity index (χ1n) is 11.8. The molecule has 2 aromatic carbocycles. The van der Waals surface area contributed by atoms with Gasteiger partial charge in [0.15, 0.2) is 5.79 Å². The summed E-state index contributed by atoms with van der Waals surface area (Å²) in [5.41, 5.74) is 5.19. The number of methoxy groups -OCH3 is 1. The molecule has 3 fully saturated rings. The summed E-state index contributed by atoms with van der Waals surface area (Å²) in [5.74, 6) is -0.371. The molecule has 0 bridgehead atoms. The molecule has 0 amide bonds. The molecule has 32 heavy (non-hydrogen) atoms. The largest absolute Gasteiger partial charge is 0.394 e. The van der Waals surface area contributed by atoms with Gasteiger partial charge in [0.2, 0.25) is 0 Å². The molecule has 1 aliphatic heterocycles. The fraction of sp³-hybridized carbons (Fsp3) is 0.556.